The molecule has 0 spiro atoms. The van der Waals surface area contributed by atoms with Crippen molar-refractivity contribution in [3.8, 4) is 0 Å². The summed E-state index contributed by atoms with van der Waals surface area (Å²) in [4.78, 5) is 25.3. The first-order valence-corrected chi connectivity index (χ1v) is 6.09. The second-order valence-electron chi connectivity index (χ2n) is 4.05. The number of nitrogens with one attached hydrogen (secondary N) is 1. The maximum atomic E-state index is 11.7. The van der Waals surface area contributed by atoms with E-state index in [4.69, 9.17) is 0 Å². The molecular formula is C11H14N2O2S. The number of urea groups is 1. The molecule has 3 amide bonds. The van der Waals surface area contributed by atoms with Gasteiger partial charge in [0.05, 0.1) is 0 Å². The summed E-state index contributed by atoms with van der Waals surface area (Å²) in [6, 6.07) is 3.39. The van der Waals surface area contributed by atoms with Gasteiger partial charge in [-0.25, -0.2) is 4.79 Å². The molecule has 0 radical (unpaired) electrons. The molecule has 0 saturated carbocycles. The van der Waals surface area contributed by atoms with Crippen LogP contribution in [-0.2, 0) is 4.79 Å². The van der Waals surface area contributed by atoms with Crippen molar-refractivity contribution in [2.24, 2.45) is 0 Å². The molecule has 1 aliphatic heterocycles. The van der Waals surface area contributed by atoms with Crippen LogP contribution in [0.4, 0.5) is 4.79 Å². The van der Waals surface area contributed by atoms with Crippen molar-refractivity contribution < 1.29 is 9.59 Å². The van der Waals surface area contributed by atoms with Crippen molar-refractivity contribution in [1.82, 2.24) is 10.2 Å². The lowest BCUT2D eigenvalue weighted by molar-refractivity contribution is -0.126. The maximum Gasteiger partial charge on any atom is 0.324 e. The molecule has 0 aliphatic carbocycles. The zero-order valence-electron chi connectivity index (χ0n) is 9.27. The Morgan fingerprint density at radius 3 is 2.81 bits per heavy atom. The van der Waals surface area contributed by atoms with E-state index in [0.717, 1.165) is 4.90 Å². The highest BCUT2D eigenvalue weighted by Gasteiger charge is 2.36. The highest BCUT2D eigenvalue weighted by molar-refractivity contribution is 7.10. The van der Waals surface area contributed by atoms with Gasteiger partial charge in [-0.15, -0.1) is 11.3 Å². The molecule has 0 bridgehead atoms. The minimum atomic E-state index is -0.366. The Hall–Kier alpha value is -1.36. The Bertz CT molecular complexity index is 402. The summed E-state index contributed by atoms with van der Waals surface area (Å²) in [5.41, 5.74) is 0. The summed E-state index contributed by atoms with van der Waals surface area (Å²) in [6.07, 6.45) is 0.662. The van der Waals surface area contributed by atoms with Gasteiger partial charge >= 0.3 is 6.03 Å². The van der Waals surface area contributed by atoms with E-state index >= 15 is 0 Å². The molecule has 1 aromatic heterocycles. The highest BCUT2D eigenvalue weighted by Crippen LogP contribution is 2.26. The summed E-state index contributed by atoms with van der Waals surface area (Å²) in [7, 11) is 1.51. The van der Waals surface area contributed by atoms with Gasteiger partial charge in [-0.3, -0.25) is 9.69 Å². The van der Waals surface area contributed by atoms with E-state index in [1.165, 1.54) is 11.9 Å². The van der Waals surface area contributed by atoms with Crippen LogP contribution in [-0.4, -0.2) is 29.9 Å². The average molecular weight is 238 g/mol. The summed E-state index contributed by atoms with van der Waals surface area (Å²) >= 11 is 1.68. The van der Waals surface area contributed by atoms with Crippen LogP contribution in [0.15, 0.2) is 17.5 Å². The van der Waals surface area contributed by atoms with Crippen LogP contribution in [0.25, 0.3) is 0 Å². The molecular weight excluding hydrogens is 224 g/mol. The van der Waals surface area contributed by atoms with Gasteiger partial charge in [0, 0.05) is 11.9 Å². The van der Waals surface area contributed by atoms with E-state index in [-0.39, 0.29) is 18.0 Å². The summed E-state index contributed by atoms with van der Waals surface area (Å²) < 4.78 is 0. The third-order valence-electron chi connectivity index (χ3n) is 2.85. The van der Waals surface area contributed by atoms with Gasteiger partial charge in [0.1, 0.15) is 6.04 Å². The molecule has 16 heavy (non-hydrogen) atoms. The fourth-order valence-corrected chi connectivity index (χ4v) is 2.64. The third kappa shape index (κ3) is 1.95. The molecule has 1 aromatic rings. The molecule has 0 aromatic carbocycles. The predicted octanol–water partition coefficient (Wildman–Crippen LogP) is 1.79. The molecule has 2 heterocycles. The third-order valence-corrected chi connectivity index (χ3v) is 3.95. The van der Waals surface area contributed by atoms with Gasteiger partial charge in [-0.2, -0.15) is 0 Å². The minimum absolute atomic E-state index is 0.131. The van der Waals surface area contributed by atoms with Crippen LogP contribution in [0.2, 0.25) is 0 Å². The fourth-order valence-electron chi connectivity index (χ4n) is 1.84. The number of thiophene rings is 1. The van der Waals surface area contributed by atoms with E-state index < -0.39 is 0 Å². The fraction of sp³-hybridized carbons (Fsp3) is 0.455. The zero-order chi connectivity index (χ0) is 11.7. The first-order chi connectivity index (χ1) is 7.59. The second-order valence-corrected chi connectivity index (χ2v) is 5.03. The number of hydrogen-bond acceptors (Lipinski definition) is 3. The molecule has 5 heteroatoms. The molecule has 1 fully saturated rings. The highest BCUT2D eigenvalue weighted by atomic mass is 32.1. The lowest BCUT2D eigenvalue weighted by Gasteiger charge is -2.13. The number of nitrogens with zero attached hydrogens (tertiary/aromatic N) is 1. The van der Waals surface area contributed by atoms with Gasteiger partial charge in [0.2, 0.25) is 0 Å². The molecule has 2 unspecified atom stereocenters. The van der Waals surface area contributed by atoms with E-state index in [9.17, 15) is 9.59 Å². The molecule has 1 saturated heterocycles. The largest absolute Gasteiger partial charge is 0.326 e. The van der Waals surface area contributed by atoms with Crippen LogP contribution < -0.4 is 5.32 Å². The maximum absolute atomic E-state index is 11.7. The van der Waals surface area contributed by atoms with Crippen molar-refractivity contribution in [3.05, 3.63) is 22.4 Å². The van der Waals surface area contributed by atoms with E-state index in [1.54, 1.807) is 11.3 Å². The number of carbonyl (C=O) groups is 2. The SMILES string of the molecule is CC(CC1NC(=O)N(C)C1=O)c1cccs1. The van der Waals surface area contributed by atoms with Crippen LogP contribution >= 0.6 is 11.3 Å². The molecule has 1 N–H and O–H groups in total. The van der Waals surface area contributed by atoms with Gasteiger partial charge in [0.15, 0.2) is 0 Å². The lowest BCUT2D eigenvalue weighted by Crippen LogP contribution is -2.30. The zero-order valence-corrected chi connectivity index (χ0v) is 10.1. The normalized spacial score (nSPS) is 22.4. The van der Waals surface area contributed by atoms with Crippen molar-refractivity contribution in [2.45, 2.75) is 25.3 Å². The standard InChI is InChI=1S/C11H14N2O2S/c1-7(9-4-3-5-16-9)6-8-10(14)13(2)11(15)12-8/h3-5,7-8H,6H2,1-2H3,(H,12,15). The second kappa shape index (κ2) is 4.25. The Balaban J connectivity index is 2.01. The smallest absolute Gasteiger partial charge is 0.324 e. The number of likely N-dealkylation sites (N-methyl/N-ethyl adjacent to an activating group) is 1. The van der Waals surface area contributed by atoms with Crippen molar-refractivity contribution >= 4 is 23.3 Å². The van der Waals surface area contributed by atoms with E-state index in [1.807, 2.05) is 11.4 Å². The Morgan fingerprint density at radius 1 is 1.56 bits per heavy atom. The van der Waals surface area contributed by atoms with Crippen LogP contribution in [0.3, 0.4) is 0 Å². The first-order valence-electron chi connectivity index (χ1n) is 5.21. The average Bonchev–Trinajstić information content (AvgIpc) is 2.85. The number of imide groups is 1. The monoisotopic (exact) mass is 238 g/mol. The summed E-state index contributed by atoms with van der Waals surface area (Å²) in [5, 5.41) is 4.71. The topological polar surface area (TPSA) is 49.4 Å². The Kier molecular flexibility index (Phi) is 2.96. The van der Waals surface area contributed by atoms with Crippen LogP contribution in [0, 0.1) is 0 Å². The lowest BCUT2D eigenvalue weighted by atomic mass is 10.0. The molecule has 4 nitrogen and oxygen atoms in total. The molecule has 2 atom stereocenters. The van der Waals surface area contributed by atoms with Gasteiger partial charge in [-0.05, 0) is 23.8 Å². The van der Waals surface area contributed by atoms with Crippen molar-refractivity contribution in [3.63, 3.8) is 0 Å². The van der Waals surface area contributed by atoms with E-state index in [2.05, 4.69) is 18.3 Å². The summed E-state index contributed by atoms with van der Waals surface area (Å²) in [6.45, 7) is 2.07. The van der Waals surface area contributed by atoms with Crippen molar-refractivity contribution in [1.29, 1.82) is 0 Å². The first kappa shape index (κ1) is 11.1. The predicted molar refractivity (Wildman–Crippen MR) is 62.4 cm³/mol. The van der Waals surface area contributed by atoms with Crippen LogP contribution in [0.1, 0.15) is 24.1 Å². The van der Waals surface area contributed by atoms with Crippen LogP contribution in [0.5, 0.6) is 0 Å². The molecule has 1 aliphatic rings. The summed E-state index contributed by atoms with van der Waals surface area (Å²) in [5.74, 6) is 0.161. The number of rotatable bonds is 3. The molecule has 86 valence electrons. The quantitative estimate of drug-likeness (QED) is 0.816. The van der Waals surface area contributed by atoms with Gasteiger partial charge < -0.3 is 5.32 Å². The number of carbonyl (C=O) groups excluding carboxylic acids is 2. The minimum Gasteiger partial charge on any atom is -0.326 e. The van der Waals surface area contributed by atoms with Gasteiger partial charge in [0.25, 0.3) is 5.91 Å². The number of hydrogen-bond donors (Lipinski definition) is 1. The van der Waals surface area contributed by atoms with Crippen molar-refractivity contribution in [2.75, 3.05) is 7.05 Å². The Morgan fingerprint density at radius 2 is 2.31 bits per heavy atom. The van der Waals surface area contributed by atoms with Gasteiger partial charge in [-0.1, -0.05) is 13.0 Å². The Labute approximate surface area is 98.3 Å². The molecule has 2 rings (SSSR count). The number of amides is 3. The van der Waals surface area contributed by atoms with E-state index in [0.29, 0.717) is 12.3 Å².